The molecule has 4 nitrogen and oxygen atoms in total. The van der Waals surface area contributed by atoms with Gasteiger partial charge in [0, 0.05) is 6.42 Å². The lowest BCUT2D eigenvalue weighted by Crippen LogP contribution is -2.39. The van der Waals surface area contributed by atoms with Crippen LogP contribution in [0.5, 0.6) is 0 Å². The molecule has 0 unspecified atom stereocenters. The van der Waals surface area contributed by atoms with Crippen LogP contribution in [-0.4, -0.2) is 11.8 Å². The van der Waals surface area contributed by atoms with Gasteiger partial charge in [-0.25, -0.2) is 0 Å². The first-order valence-corrected chi connectivity index (χ1v) is 7.59. The minimum Gasteiger partial charge on any atom is -0.368 e. The lowest BCUT2D eigenvalue weighted by atomic mass is 9.81. The Hall–Kier alpha value is -2.62. The second-order valence-electron chi connectivity index (χ2n) is 6.24. The average molecular weight is 310 g/mol. The molecule has 0 radical (unpaired) electrons. The van der Waals surface area contributed by atoms with Crippen molar-refractivity contribution in [3.8, 4) is 0 Å². The molecular formula is C19H22N2O2. The molecule has 0 saturated heterocycles. The largest absolute Gasteiger partial charge is 0.368 e. The highest BCUT2D eigenvalue weighted by Crippen LogP contribution is 2.27. The molecule has 2 aromatic rings. The number of amides is 2. The SMILES string of the molecule is CC(C)(CC(=O)N[C@@H](C(N)=O)c1ccccc1)c1ccccc1. The van der Waals surface area contributed by atoms with E-state index in [0.717, 1.165) is 5.56 Å². The quantitative estimate of drug-likeness (QED) is 0.861. The predicted molar refractivity (Wildman–Crippen MR) is 90.6 cm³/mol. The first-order valence-electron chi connectivity index (χ1n) is 7.59. The number of nitrogens with two attached hydrogens (primary N) is 1. The Kier molecular flexibility index (Phi) is 5.16. The molecule has 0 aliphatic carbocycles. The fourth-order valence-electron chi connectivity index (χ4n) is 2.57. The smallest absolute Gasteiger partial charge is 0.244 e. The molecular weight excluding hydrogens is 288 g/mol. The van der Waals surface area contributed by atoms with Crippen molar-refractivity contribution in [1.82, 2.24) is 5.32 Å². The van der Waals surface area contributed by atoms with Crippen molar-refractivity contribution in [1.29, 1.82) is 0 Å². The van der Waals surface area contributed by atoms with Crippen LogP contribution in [0.3, 0.4) is 0 Å². The van der Waals surface area contributed by atoms with Crippen LogP contribution < -0.4 is 11.1 Å². The number of carbonyl (C=O) groups excluding carboxylic acids is 2. The summed E-state index contributed by atoms with van der Waals surface area (Å²) in [6.45, 7) is 4.01. The van der Waals surface area contributed by atoms with Crippen LogP contribution >= 0.6 is 0 Å². The summed E-state index contributed by atoms with van der Waals surface area (Å²) >= 11 is 0. The summed E-state index contributed by atoms with van der Waals surface area (Å²) in [4.78, 5) is 24.1. The molecule has 2 aromatic carbocycles. The van der Waals surface area contributed by atoms with Crippen LogP contribution in [0.15, 0.2) is 60.7 Å². The van der Waals surface area contributed by atoms with Crippen LogP contribution in [0, 0.1) is 0 Å². The van der Waals surface area contributed by atoms with Crippen molar-refractivity contribution in [2.75, 3.05) is 0 Å². The van der Waals surface area contributed by atoms with Crippen LogP contribution in [0.1, 0.15) is 37.4 Å². The van der Waals surface area contributed by atoms with Crippen molar-refractivity contribution in [3.05, 3.63) is 71.8 Å². The first-order chi connectivity index (χ1) is 10.9. The minimum absolute atomic E-state index is 0.202. The zero-order chi connectivity index (χ0) is 16.9. The number of primary amides is 1. The van der Waals surface area contributed by atoms with Gasteiger partial charge in [0.1, 0.15) is 6.04 Å². The summed E-state index contributed by atoms with van der Waals surface area (Å²) in [6.07, 6.45) is 0.271. The van der Waals surface area contributed by atoms with Gasteiger partial charge in [0.05, 0.1) is 0 Å². The highest BCUT2D eigenvalue weighted by molar-refractivity contribution is 5.88. The zero-order valence-electron chi connectivity index (χ0n) is 13.5. The van der Waals surface area contributed by atoms with Crippen molar-refractivity contribution in [2.45, 2.75) is 31.7 Å². The highest BCUT2D eigenvalue weighted by Gasteiger charge is 2.27. The second-order valence-corrected chi connectivity index (χ2v) is 6.24. The van der Waals surface area contributed by atoms with Gasteiger partial charge in [-0.1, -0.05) is 74.5 Å². The number of hydrogen-bond donors (Lipinski definition) is 2. The molecule has 120 valence electrons. The lowest BCUT2D eigenvalue weighted by Gasteiger charge is -2.26. The number of carbonyl (C=O) groups is 2. The van der Waals surface area contributed by atoms with E-state index in [2.05, 4.69) is 5.32 Å². The Morgan fingerprint density at radius 2 is 1.52 bits per heavy atom. The molecule has 1 atom stereocenters. The number of rotatable bonds is 6. The van der Waals surface area contributed by atoms with Gasteiger partial charge >= 0.3 is 0 Å². The maximum Gasteiger partial charge on any atom is 0.244 e. The summed E-state index contributed by atoms with van der Waals surface area (Å²) in [6, 6.07) is 18.0. The van der Waals surface area contributed by atoms with Gasteiger partial charge in [0.2, 0.25) is 11.8 Å². The van der Waals surface area contributed by atoms with Crippen molar-refractivity contribution in [3.63, 3.8) is 0 Å². The van der Waals surface area contributed by atoms with Crippen molar-refractivity contribution in [2.24, 2.45) is 5.73 Å². The molecule has 0 aromatic heterocycles. The van der Waals surface area contributed by atoms with Gasteiger partial charge in [-0.05, 0) is 16.5 Å². The minimum atomic E-state index is -0.810. The molecule has 0 saturated carbocycles. The van der Waals surface area contributed by atoms with E-state index in [9.17, 15) is 9.59 Å². The van der Waals surface area contributed by atoms with Crippen LogP contribution in [0.4, 0.5) is 0 Å². The summed E-state index contributed by atoms with van der Waals surface area (Å²) in [5.74, 6) is -0.770. The fraction of sp³-hybridized carbons (Fsp3) is 0.263. The number of hydrogen-bond acceptors (Lipinski definition) is 2. The fourth-order valence-corrected chi connectivity index (χ4v) is 2.57. The summed E-state index contributed by atoms with van der Waals surface area (Å²) in [5.41, 5.74) is 6.87. The molecule has 0 bridgehead atoms. The summed E-state index contributed by atoms with van der Waals surface area (Å²) in [7, 11) is 0. The molecule has 2 amide bonds. The zero-order valence-corrected chi connectivity index (χ0v) is 13.5. The van der Waals surface area contributed by atoms with Gasteiger partial charge < -0.3 is 11.1 Å². The maximum atomic E-state index is 12.4. The summed E-state index contributed by atoms with van der Waals surface area (Å²) < 4.78 is 0. The topological polar surface area (TPSA) is 72.2 Å². The third-order valence-electron chi connectivity index (χ3n) is 3.88. The third kappa shape index (κ3) is 4.42. The normalized spacial score (nSPS) is 12.4. The molecule has 0 heterocycles. The average Bonchev–Trinajstić information content (AvgIpc) is 2.53. The molecule has 0 aliphatic heterocycles. The molecule has 23 heavy (non-hydrogen) atoms. The Morgan fingerprint density at radius 3 is 2.04 bits per heavy atom. The molecule has 0 aliphatic rings. The van der Waals surface area contributed by atoms with E-state index >= 15 is 0 Å². The maximum absolute atomic E-state index is 12.4. The summed E-state index contributed by atoms with van der Waals surface area (Å²) in [5, 5.41) is 2.75. The predicted octanol–water partition coefficient (Wildman–Crippen LogP) is 2.70. The van der Waals surface area contributed by atoms with E-state index in [-0.39, 0.29) is 17.7 Å². The van der Waals surface area contributed by atoms with Gasteiger partial charge in [-0.3, -0.25) is 9.59 Å². The van der Waals surface area contributed by atoms with Crippen LogP contribution in [0.25, 0.3) is 0 Å². The van der Waals surface area contributed by atoms with Gasteiger partial charge in [0.25, 0.3) is 0 Å². The Balaban J connectivity index is 2.10. The van der Waals surface area contributed by atoms with Gasteiger partial charge in [0.15, 0.2) is 0 Å². The van der Waals surface area contributed by atoms with E-state index in [1.54, 1.807) is 12.1 Å². The van der Waals surface area contributed by atoms with E-state index < -0.39 is 11.9 Å². The lowest BCUT2D eigenvalue weighted by molar-refractivity contribution is -0.128. The molecule has 0 fully saturated rings. The van der Waals surface area contributed by atoms with Crippen LogP contribution in [-0.2, 0) is 15.0 Å². The van der Waals surface area contributed by atoms with E-state index in [0.29, 0.717) is 5.56 Å². The Bertz CT molecular complexity index is 666. The van der Waals surface area contributed by atoms with Gasteiger partial charge in [-0.15, -0.1) is 0 Å². The van der Waals surface area contributed by atoms with Crippen molar-refractivity contribution >= 4 is 11.8 Å². The van der Waals surface area contributed by atoms with E-state index in [4.69, 9.17) is 5.73 Å². The highest BCUT2D eigenvalue weighted by atomic mass is 16.2. The molecule has 3 N–H and O–H groups in total. The van der Waals surface area contributed by atoms with Crippen LogP contribution in [0.2, 0.25) is 0 Å². The second kappa shape index (κ2) is 7.09. The first kappa shape index (κ1) is 16.7. The van der Waals surface area contributed by atoms with Crippen molar-refractivity contribution < 1.29 is 9.59 Å². The van der Waals surface area contributed by atoms with E-state index in [1.165, 1.54) is 0 Å². The standard InChI is InChI=1S/C19H22N2O2/c1-19(2,15-11-7-4-8-12-15)13-16(22)21-17(18(20)23)14-9-5-3-6-10-14/h3-12,17H,13H2,1-2H3,(H2,20,23)(H,21,22)/t17-/m1/s1. The monoisotopic (exact) mass is 310 g/mol. The Morgan fingerprint density at radius 1 is 1.00 bits per heavy atom. The molecule has 4 heteroatoms. The molecule has 2 rings (SSSR count). The third-order valence-corrected chi connectivity index (χ3v) is 3.88. The number of benzene rings is 2. The molecule has 0 spiro atoms. The van der Waals surface area contributed by atoms with E-state index in [1.807, 2.05) is 62.4 Å². The Labute approximate surface area is 136 Å². The number of nitrogens with one attached hydrogen (secondary N) is 1. The van der Waals surface area contributed by atoms with Gasteiger partial charge in [-0.2, -0.15) is 0 Å².